The van der Waals surface area contributed by atoms with E-state index in [2.05, 4.69) is 17.0 Å². The number of hydrogen-bond donors (Lipinski definition) is 0. The molecule has 126 valence electrons. The lowest BCUT2D eigenvalue weighted by molar-refractivity contribution is -0.138. The van der Waals surface area contributed by atoms with E-state index in [1.54, 1.807) is 19.1 Å². The minimum absolute atomic E-state index is 0.00244. The molecule has 24 heavy (non-hydrogen) atoms. The van der Waals surface area contributed by atoms with Gasteiger partial charge in [0.25, 0.3) is 5.91 Å². The first kappa shape index (κ1) is 16.7. The van der Waals surface area contributed by atoms with Crippen molar-refractivity contribution >= 4 is 23.2 Å². The Kier molecular flexibility index (Phi) is 5.26. The quantitative estimate of drug-likeness (QED) is 0.851. The molecule has 5 heteroatoms. The predicted octanol–water partition coefficient (Wildman–Crippen LogP) is 3.46. The van der Waals surface area contributed by atoms with Crippen LogP contribution in [0.4, 0.5) is 5.69 Å². The molecule has 2 aromatic carbocycles. The van der Waals surface area contributed by atoms with Crippen LogP contribution in [0.15, 0.2) is 54.6 Å². The highest BCUT2D eigenvalue weighted by Gasteiger charge is 2.26. The SMILES string of the molecule is C[C@H](Oc1ccccc1Cl)C(=O)N1CCN(c2ccccc2)CC1. The van der Waals surface area contributed by atoms with Crippen molar-refractivity contribution in [2.24, 2.45) is 0 Å². The second-order valence-electron chi connectivity index (χ2n) is 5.84. The van der Waals surface area contributed by atoms with Crippen molar-refractivity contribution < 1.29 is 9.53 Å². The van der Waals surface area contributed by atoms with Crippen molar-refractivity contribution in [3.05, 3.63) is 59.6 Å². The molecule has 4 nitrogen and oxygen atoms in total. The summed E-state index contributed by atoms with van der Waals surface area (Å²) in [7, 11) is 0. The Morgan fingerprint density at radius 2 is 1.62 bits per heavy atom. The number of carbonyl (C=O) groups is 1. The maximum Gasteiger partial charge on any atom is 0.263 e. The van der Waals surface area contributed by atoms with E-state index in [0.717, 1.165) is 13.1 Å². The molecule has 1 aliphatic rings. The fourth-order valence-electron chi connectivity index (χ4n) is 2.86. The third-order valence-electron chi connectivity index (χ3n) is 4.20. The topological polar surface area (TPSA) is 32.8 Å². The summed E-state index contributed by atoms with van der Waals surface area (Å²) in [5.41, 5.74) is 1.20. The van der Waals surface area contributed by atoms with Crippen LogP contribution in [0, 0.1) is 0 Å². The van der Waals surface area contributed by atoms with Gasteiger partial charge < -0.3 is 14.5 Å². The Balaban J connectivity index is 1.56. The highest BCUT2D eigenvalue weighted by Crippen LogP contribution is 2.25. The van der Waals surface area contributed by atoms with Crippen molar-refractivity contribution in [2.75, 3.05) is 31.1 Å². The molecule has 0 unspecified atom stereocenters. The van der Waals surface area contributed by atoms with Gasteiger partial charge in [0.1, 0.15) is 5.75 Å². The Hall–Kier alpha value is -2.20. The number of nitrogens with zero attached hydrogens (tertiary/aromatic N) is 2. The number of rotatable bonds is 4. The number of anilines is 1. The lowest BCUT2D eigenvalue weighted by Crippen LogP contribution is -2.52. The molecule has 1 amide bonds. The van der Waals surface area contributed by atoms with E-state index < -0.39 is 6.10 Å². The van der Waals surface area contributed by atoms with Crippen LogP contribution in [0.3, 0.4) is 0 Å². The van der Waals surface area contributed by atoms with Gasteiger partial charge in [-0.25, -0.2) is 0 Å². The van der Waals surface area contributed by atoms with Crippen LogP contribution in [0.25, 0.3) is 0 Å². The Morgan fingerprint density at radius 1 is 1.00 bits per heavy atom. The lowest BCUT2D eigenvalue weighted by Gasteiger charge is -2.37. The maximum absolute atomic E-state index is 12.6. The lowest BCUT2D eigenvalue weighted by atomic mass is 10.2. The standard InChI is InChI=1S/C19H21ClN2O2/c1-15(24-18-10-6-5-9-17(18)20)19(23)22-13-11-21(12-14-22)16-7-3-2-4-8-16/h2-10,15H,11-14H2,1H3/t15-/m0/s1. The van der Waals surface area contributed by atoms with Gasteiger partial charge in [-0.3, -0.25) is 4.79 Å². The van der Waals surface area contributed by atoms with Gasteiger partial charge >= 0.3 is 0 Å². The molecule has 1 saturated heterocycles. The van der Waals surface area contributed by atoms with Crippen molar-refractivity contribution in [3.63, 3.8) is 0 Å². The molecular weight excluding hydrogens is 324 g/mol. The molecule has 1 heterocycles. The average Bonchev–Trinajstić information content (AvgIpc) is 2.64. The predicted molar refractivity (Wildman–Crippen MR) is 96.8 cm³/mol. The van der Waals surface area contributed by atoms with Crippen LogP contribution in [0.2, 0.25) is 5.02 Å². The van der Waals surface area contributed by atoms with E-state index in [1.165, 1.54) is 5.69 Å². The third kappa shape index (κ3) is 3.82. The average molecular weight is 345 g/mol. The first-order valence-corrected chi connectivity index (χ1v) is 8.53. The Bertz CT molecular complexity index is 685. The number of ether oxygens (including phenoxy) is 1. The molecule has 3 rings (SSSR count). The van der Waals surface area contributed by atoms with Crippen LogP contribution in [-0.4, -0.2) is 43.1 Å². The van der Waals surface area contributed by atoms with Gasteiger partial charge in [-0.2, -0.15) is 0 Å². The second-order valence-corrected chi connectivity index (χ2v) is 6.25. The number of piperazine rings is 1. The molecule has 1 fully saturated rings. The van der Waals surface area contributed by atoms with Crippen LogP contribution in [0.1, 0.15) is 6.92 Å². The van der Waals surface area contributed by atoms with E-state index >= 15 is 0 Å². The molecule has 1 atom stereocenters. The summed E-state index contributed by atoms with van der Waals surface area (Å²) in [6.07, 6.45) is -0.548. The third-order valence-corrected chi connectivity index (χ3v) is 4.51. The summed E-state index contributed by atoms with van der Waals surface area (Å²) in [5, 5.41) is 0.519. The number of benzene rings is 2. The number of amides is 1. The van der Waals surface area contributed by atoms with Gasteiger partial charge in [0.2, 0.25) is 0 Å². The molecule has 0 saturated carbocycles. The van der Waals surface area contributed by atoms with E-state index in [1.807, 2.05) is 35.2 Å². The van der Waals surface area contributed by atoms with Crippen LogP contribution < -0.4 is 9.64 Å². The van der Waals surface area contributed by atoms with E-state index in [4.69, 9.17) is 16.3 Å². The molecular formula is C19H21ClN2O2. The zero-order valence-electron chi connectivity index (χ0n) is 13.7. The summed E-state index contributed by atoms with van der Waals surface area (Å²) >= 11 is 6.09. The van der Waals surface area contributed by atoms with Crippen LogP contribution >= 0.6 is 11.6 Å². The van der Waals surface area contributed by atoms with Crippen molar-refractivity contribution in [3.8, 4) is 5.75 Å². The Morgan fingerprint density at radius 3 is 2.29 bits per heavy atom. The van der Waals surface area contributed by atoms with Gasteiger partial charge in [0, 0.05) is 31.9 Å². The summed E-state index contributed by atoms with van der Waals surface area (Å²) < 4.78 is 5.73. The van der Waals surface area contributed by atoms with Gasteiger partial charge in [-0.05, 0) is 31.2 Å². The van der Waals surface area contributed by atoms with E-state index in [9.17, 15) is 4.79 Å². The molecule has 0 spiro atoms. The molecule has 0 aliphatic carbocycles. The minimum atomic E-state index is -0.548. The zero-order chi connectivity index (χ0) is 16.9. The highest BCUT2D eigenvalue weighted by atomic mass is 35.5. The van der Waals surface area contributed by atoms with Gasteiger partial charge in [-0.1, -0.05) is 41.9 Å². The summed E-state index contributed by atoms with van der Waals surface area (Å²) in [6, 6.07) is 17.5. The maximum atomic E-state index is 12.6. The highest BCUT2D eigenvalue weighted by molar-refractivity contribution is 6.32. The second kappa shape index (κ2) is 7.58. The van der Waals surface area contributed by atoms with Gasteiger partial charge in [0.05, 0.1) is 5.02 Å². The number of hydrogen-bond acceptors (Lipinski definition) is 3. The van der Waals surface area contributed by atoms with Crippen molar-refractivity contribution in [1.82, 2.24) is 4.90 Å². The van der Waals surface area contributed by atoms with Gasteiger partial charge in [-0.15, -0.1) is 0 Å². The fraction of sp³-hybridized carbons (Fsp3) is 0.316. The number of halogens is 1. The van der Waals surface area contributed by atoms with Crippen molar-refractivity contribution in [2.45, 2.75) is 13.0 Å². The molecule has 0 N–H and O–H groups in total. The normalized spacial score (nSPS) is 15.9. The molecule has 0 bridgehead atoms. The van der Waals surface area contributed by atoms with Crippen molar-refractivity contribution in [1.29, 1.82) is 0 Å². The molecule has 0 aromatic heterocycles. The van der Waals surface area contributed by atoms with Crippen LogP contribution in [-0.2, 0) is 4.79 Å². The largest absolute Gasteiger partial charge is 0.479 e. The summed E-state index contributed by atoms with van der Waals surface area (Å²) in [6.45, 7) is 4.83. The fourth-order valence-corrected chi connectivity index (χ4v) is 3.04. The first-order chi connectivity index (χ1) is 11.6. The smallest absolute Gasteiger partial charge is 0.263 e. The summed E-state index contributed by atoms with van der Waals surface area (Å²) in [4.78, 5) is 16.8. The molecule has 1 aliphatic heterocycles. The molecule has 0 radical (unpaired) electrons. The Labute approximate surface area is 147 Å². The minimum Gasteiger partial charge on any atom is -0.479 e. The molecule has 2 aromatic rings. The summed E-state index contributed by atoms with van der Waals surface area (Å²) in [5.74, 6) is 0.547. The number of carbonyl (C=O) groups excluding carboxylic acids is 1. The van der Waals surface area contributed by atoms with Crippen LogP contribution in [0.5, 0.6) is 5.75 Å². The first-order valence-electron chi connectivity index (χ1n) is 8.15. The number of para-hydroxylation sites is 2. The van der Waals surface area contributed by atoms with Gasteiger partial charge in [0.15, 0.2) is 6.10 Å². The van der Waals surface area contributed by atoms with E-state index in [0.29, 0.717) is 23.9 Å². The monoisotopic (exact) mass is 344 g/mol. The zero-order valence-corrected chi connectivity index (χ0v) is 14.4. The van der Waals surface area contributed by atoms with E-state index in [-0.39, 0.29) is 5.91 Å².